The van der Waals surface area contributed by atoms with Crippen molar-refractivity contribution in [1.29, 1.82) is 0 Å². The van der Waals surface area contributed by atoms with E-state index >= 15 is 0 Å². The number of carbonyl (C=O) groups is 1. The van der Waals surface area contributed by atoms with Crippen LogP contribution in [-0.4, -0.2) is 26.4 Å². The van der Waals surface area contributed by atoms with Crippen molar-refractivity contribution in [1.82, 2.24) is 14.5 Å². The lowest BCUT2D eigenvalue weighted by atomic mass is 10.1. The van der Waals surface area contributed by atoms with E-state index in [1.54, 1.807) is 23.1 Å². The largest absolute Gasteiger partial charge is 0.328 e. The van der Waals surface area contributed by atoms with E-state index in [4.69, 9.17) is 0 Å². The van der Waals surface area contributed by atoms with Crippen LogP contribution in [0.3, 0.4) is 0 Å². The van der Waals surface area contributed by atoms with E-state index in [1.165, 1.54) is 6.07 Å². The SMILES string of the molecule is CCc1nnsc1C(=O)N(C1CC1)C(C)c1ccccc1F. The predicted molar refractivity (Wildman–Crippen MR) is 83.3 cm³/mol. The summed E-state index contributed by atoms with van der Waals surface area (Å²) in [5.41, 5.74) is 1.28. The van der Waals surface area contributed by atoms with Crippen LogP contribution >= 0.6 is 11.5 Å². The van der Waals surface area contributed by atoms with Crippen LogP contribution in [0.25, 0.3) is 0 Å². The van der Waals surface area contributed by atoms with Crippen LogP contribution in [0.4, 0.5) is 4.39 Å². The van der Waals surface area contributed by atoms with Gasteiger partial charge in [0.15, 0.2) is 0 Å². The minimum Gasteiger partial charge on any atom is -0.328 e. The van der Waals surface area contributed by atoms with Gasteiger partial charge in [-0.2, -0.15) is 0 Å². The molecule has 1 amide bonds. The van der Waals surface area contributed by atoms with Gasteiger partial charge in [-0.15, -0.1) is 5.10 Å². The first-order valence-corrected chi connectivity index (χ1v) is 8.29. The predicted octanol–water partition coefficient (Wildman–Crippen LogP) is 3.61. The molecule has 0 spiro atoms. The van der Waals surface area contributed by atoms with Crippen molar-refractivity contribution in [3.05, 3.63) is 46.2 Å². The molecular formula is C16H18FN3OS. The van der Waals surface area contributed by atoms with Crippen LogP contribution in [0.15, 0.2) is 24.3 Å². The van der Waals surface area contributed by atoms with Crippen LogP contribution in [0.2, 0.25) is 0 Å². The molecule has 0 radical (unpaired) electrons. The first-order chi connectivity index (χ1) is 10.6. The monoisotopic (exact) mass is 319 g/mol. The number of halogens is 1. The van der Waals surface area contributed by atoms with Crippen LogP contribution in [0.1, 0.15) is 53.7 Å². The second-order valence-electron chi connectivity index (χ2n) is 5.54. The molecule has 1 aromatic heterocycles. The lowest BCUT2D eigenvalue weighted by Gasteiger charge is -2.29. The van der Waals surface area contributed by atoms with Crippen molar-refractivity contribution in [2.75, 3.05) is 0 Å². The molecule has 0 bridgehead atoms. The molecule has 4 nitrogen and oxygen atoms in total. The summed E-state index contributed by atoms with van der Waals surface area (Å²) in [6, 6.07) is 6.54. The minimum absolute atomic E-state index is 0.0786. The highest BCUT2D eigenvalue weighted by Gasteiger charge is 2.38. The number of aromatic nitrogens is 2. The lowest BCUT2D eigenvalue weighted by molar-refractivity contribution is 0.0675. The molecule has 1 unspecified atom stereocenters. The third-order valence-corrected chi connectivity index (χ3v) is 4.79. The third-order valence-electron chi connectivity index (χ3n) is 4.03. The lowest BCUT2D eigenvalue weighted by Crippen LogP contribution is -2.36. The summed E-state index contributed by atoms with van der Waals surface area (Å²) in [6.07, 6.45) is 2.61. The number of nitrogens with zero attached hydrogens (tertiary/aromatic N) is 3. The fourth-order valence-electron chi connectivity index (χ4n) is 2.69. The van der Waals surface area contributed by atoms with Gasteiger partial charge in [0.1, 0.15) is 10.7 Å². The molecular weight excluding hydrogens is 301 g/mol. The van der Waals surface area contributed by atoms with Crippen molar-refractivity contribution < 1.29 is 9.18 Å². The van der Waals surface area contributed by atoms with Gasteiger partial charge in [-0.1, -0.05) is 29.6 Å². The summed E-state index contributed by atoms with van der Waals surface area (Å²) in [6.45, 7) is 3.84. The van der Waals surface area contributed by atoms with Crippen molar-refractivity contribution in [3.8, 4) is 0 Å². The zero-order valence-corrected chi connectivity index (χ0v) is 13.4. The summed E-state index contributed by atoms with van der Waals surface area (Å²) < 4.78 is 18.0. The number of hydrogen-bond acceptors (Lipinski definition) is 4. The van der Waals surface area contributed by atoms with Crippen molar-refractivity contribution in [3.63, 3.8) is 0 Å². The zero-order valence-electron chi connectivity index (χ0n) is 12.6. The summed E-state index contributed by atoms with van der Waals surface area (Å²) in [5, 5.41) is 4.01. The molecule has 1 atom stereocenters. The Morgan fingerprint density at radius 2 is 2.18 bits per heavy atom. The smallest absolute Gasteiger partial charge is 0.268 e. The molecule has 3 rings (SSSR count). The molecule has 1 fully saturated rings. The van der Waals surface area contributed by atoms with E-state index in [-0.39, 0.29) is 23.8 Å². The molecule has 0 aliphatic heterocycles. The first-order valence-electron chi connectivity index (χ1n) is 7.51. The maximum Gasteiger partial charge on any atom is 0.268 e. The van der Waals surface area contributed by atoms with Crippen molar-refractivity contribution in [2.24, 2.45) is 0 Å². The Morgan fingerprint density at radius 1 is 1.45 bits per heavy atom. The average molecular weight is 319 g/mol. The molecule has 0 saturated heterocycles. The fraction of sp³-hybridized carbons (Fsp3) is 0.438. The third kappa shape index (κ3) is 2.75. The Kier molecular flexibility index (Phi) is 4.20. The Labute approximate surface area is 133 Å². The van der Waals surface area contributed by atoms with E-state index in [2.05, 4.69) is 9.59 Å². The summed E-state index contributed by atoms with van der Waals surface area (Å²) >= 11 is 1.13. The Hall–Kier alpha value is -1.82. The van der Waals surface area contributed by atoms with Crippen molar-refractivity contribution >= 4 is 17.4 Å². The summed E-state index contributed by atoms with van der Waals surface area (Å²) in [4.78, 5) is 15.3. The number of hydrogen-bond donors (Lipinski definition) is 0. The maximum atomic E-state index is 14.1. The van der Waals surface area contributed by atoms with Gasteiger partial charge in [0.2, 0.25) is 0 Å². The highest BCUT2D eigenvalue weighted by molar-refractivity contribution is 7.08. The topological polar surface area (TPSA) is 46.1 Å². The highest BCUT2D eigenvalue weighted by atomic mass is 32.1. The van der Waals surface area contributed by atoms with E-state index in [0.717, 1.165) is 30.1 Å². The standard InChI is InChI=1S/C16H18FN3OS/c1-3-14-15(22-19-18-14)16(21)20(11-8-9-11)10(2)12-6-4-5-7-13(12)17/h4-7,10-11H,3,8-9H2,1-2H3. The molecule has 1 aliphatic rings. The first kappa shape index (κ1) is 15.1. The van der Waals surface area contributed by atoms with Gasteiger partial charge >= 0.3 is 0 Å². The molecule has 0 N–H and O–H groups in total. The highest BCUT2D eigenvalue weighted by Crippen LogP contribution is 2.37. The molecule has 1 saturated carbocycles. The van der Waals surface area contributed by atoms with Gasteiger partial charge in [-0.05, 0) is 43.8 Å². The average Bonchev–Trinajstić information content (AvgIpc) is 3.23. The van der Waals surface area contributed by atoms with Gasteiger partial charge in [0, 0.05) is 11.6 Å². The number of aryl methyl sites for hydroxylation is 1. The van der Waals surface area contributed by atoms with Gasteiger partial charge < -0.3 is 4.90 Å². The maximum absolute atomic E-state index is 14.1. The second kappa shape index (κ2) is 6.12. The van der Waals surface area contributed by atoms with E-state index in [9.17, 15) is 9.18 Å². The minimum atomic E-state index is -0.298. The molecule has 22 heavy (non-hydrogen) atoms. The molecule has 116 valence electrons. The number of rotatable bonds is 5. The van der Waals surface area contributed by atoms with E-state index < -0.39 is 0 Å². The number of amides is 1. The number of carbonyl (C=O) groups excluding carboxylic acids is 1. The van der Waals surface area contributed by atoms with Gasteiger partial charge in [0.05, 0.1) is 11.7 Å². The van der Waals surface area contributed by atoms with E-state index in [1.807, 2.05) is 13.8 Å². The van der Waals surface area contributed by atoms with Crippen molar-refractivity contribution in [2.45, 2.75) is 45.2 Å². The normalized spacial score (nSPS) is 15.6. The van der Waals surface area contributed by atoms with Gasteiger partial charge in [-0.3, -0.25) is 4.79 Å². The fourth-order valence-corrected chi connectivity index (χ4v) is 3.39. The second-order valence-corrected chi connectivity index (χ2v) is 6.30. The molecule has 2 aromatic rings. The molecule has 6 heteroatoms. The summed E-state index contributed by atoms with van der Waals surface area (Å²) in [7, 11) is 0. The van der Waals surface area contributed by atoms with Crippen LogP contribution in [0, 0.1) is 5.82 Å². The summed E-state index contributed by atoms with van der Waals surface area (Å²) in [5.74, 6) is -0.350. The number of benzene rings is 1. The Balaban J connectivity index is 1.93. The Morgan fingerprint density at radius 3 is 2.82 bits per heavy atom. The zero-order chi connectivity index (χ0) is 15.7. The van der Waals surface area contributed by atoms with E-state index in [0.29, 0.717) is 16.9 Å². The van der Waals surface area contributed by atoms with Crippen LogP contribution < -0.4 is 0 Å². The van der Waals surface area contributed by atoms with Crippen LogP contribution in [-0.2, 0) is 6.42 Å². The van der Waals surface area contributed by atoms with Crippen LogP contribution in [0.5, 0.6) is 0 Å². The molecule has 1 aliphatic carbocycles. The molecule has 1 aromatic carbocycles. The quantitative estimate of drug-likeness (QED) is 0.846. The molecule has 1 heterocycles. The van der Waals surface area contributed by atoms with Gasteiger partial charge in [0.25, 0.3) is 5.91 Å². The van der Waals surface area contributed by atoms with Gasteiger partial charge in [-0.25, -0.2) is 4.39 Å². The Bertz CT molecular complexity index is 684.